The van der Waals surface area contributed by atoms with Gasteiger partial charge in [-0.3, -0.25) is 4.79 Å². The molecule has 30 heavy (non-hydrogen) atoms. The summed E-state index contributed by atoms with van der Waals surface area (Å²) in [6.45, 7) is 0. The van der Waals surface area contributed by atoms with Gasteiger partial charge in [-0.1, -0.05) is 30.3 Å². The maximum absolute atomic E-state index is 13.3. The van der Waals surface area contributed by atoms with Crippen LogP contribution in [0.15, 0.2) is 53.4 Å². The summed E-state index contributed by atoms with van der Waals surface area (Å²) in [5.41, 5.74) is 0.975. The lowest BCUT2D eigenvalue weighted by Gasteiger charge is -2.19. The number of aliphatic carboxylic acids is 1. The summed E-state index contributed by atoms with van der Waals surface area (Å²) in [4.78, 5) is 11.5. The second-order valence-electron chi connectivity index (χ2n) is 7.63. The van der Waals surface area contributed by atoms with Crippen molar-refractivity contribution in [3.05, 3.63) is 54.1 Å². The Morgan fingerprint density at radius 2 is 1.80 bits per heavy atom. The molecule has 1 fully saturated rings. The molecule has 6 nitrogen and oxygen atoms in total. The molecule has 2 aromatic rings. The van der Waals surface area contributed by atoms with Crippen LogP contribution in [-0.4, -0.2) is 38.0 Å². The molecule has 1 atom stereocenters. The number of sulfone groups is 1. The zero-order chi connectivity index (χ0) is 21.6. The molecule has 1 aliphatic rings. The average Bonchev–Trinajstić information content (AvgIpc) is 3.24. The first kappa shape index (κ1) is 22.2. The van der Waals surface area contributed by atoms with E-state index in [0.717, 1.165) is 31.2 Å². The third-order valence-corrected chi connectivity index (χ3v) is 7.69. The SMILES string of the molecule is COc1ccc(S(=O)(=O)C(CCc2ccccc2)CC(=O)O)cc1OC1CCCC1. The number of methoxy groups -OCH3 is 1. The number of ether oxygens (including phenoxy) is 2. The maximum Gasteiger partial charge on any atom is 0.304 e. The van der Waals surface area contributed by atoms with E-state index in [-0.39, 0.29) is 17.4 Å². The first-order valence-electron chi connectivity index (χ1n) is 10.2. The van der Waals surface area contributed by atoms with E-state index >= 15 is 0 Å². The second-order valence-corrected chi connectivity index (χ2v) is 9.85. The van der Waals surface area contributed by atoms with Gasteiger partial charge in [0.15, 0.2) is 21.3 Å². The largest absolute Gasteiger partial charge is 0.493 e. The van der Waals surface area contributed by atoms with Crippen molar-refractivity contribution in [1.82, 2.24) is 0 Å². The van der Waals surface area contributed by atoms with Crippen LogP contribution in [0, 0.1) is 0 Å². The van der Waals surface area contributed by atoms with Gasteiger partial charge < -0.3 is 14.6 Å². The van der Waals surface area contributed by atoms with E-state index in [2.05, 4.69) is 0 Å². The highest BCUT2D eigenvalue weighted by Crippen LogP contribution is 2.35. The lowest BCUT2D eigenvalue weighted by atomic mass is 10.1. The first-order chi connectivity index (χ1) is 14.4. The number of carboxylic acids is 1. The number of carbonyl (C=O) groups is 1. The molecular weight excluding hydrogens is 404 g/mol. The Morgan fingerprint density at radius 1 is 1.10 bits per heavy atom. The van der Waals surface area contributed by atoms with Crippen molar-refractivity contribution in [2.24, 2.45) is 0 Å². The van der Waals surface area contributed by atoms with Crippen LogP contribution in [0.5, 0.6) is 11.5 Å². The second kappa shape index (κ2) is 9.98. The summed E-state index contributed by atoms with van der Waals surface area (Å²) in [5, 5.41) is 8.28. The van der Waals surface area contributed by atoms with E-state index in [1.54, 1.807) is 6.07 Å². The summed E-state index contributed by atoms with van der Waals surface area (Å²) in [6, 6.07) is 14.0. The van der Waals surface area contributed by atoms with Gasteiger partial charge in [0.05, 0.1) is 29.8 Å². The van der Waals surface area contributed by atoms with Crippen molar-refractivity contribution in [2.45, 2.75) is 61.2 Å². The van der Waals surface area contributed by atoms with Gasteiger partial charge >= 0.3 is 5.97 Å². The summed E-state index contributed by atoms with van der Waals surface area (Å²) in [5.74, 6) is -0.268. The number of rotatable bonds is 10. The number of aryl methyl sites for hydroxylation is 1. The molecule has 0 saturated heterocycles. The molecule has 1 aliphatic carbocycles. The van der Waals surface area contributed by atoms with Crippen LogP contribution in [0.3, 0.4) is 0 Å². The van der Waals surface area contributed by atoms with Crippen molar-refractivity contribution in [3.63, 3.8) is 0 Å². The predicted octanol–water partition coefficient (Wildman–Crippen LogP) is 4.27. The molecule has 0 spiro atoms. The molecule has 7 heteroatoms. The van der Waals surface area contributed by atoms with Crippen LogP contribution in [0.2, 0.25) is 0 Å². The van der Waals surface area contributed by atoms with Gasteiger partial charge in [-0.15, -0.1) is 0 Å². The fourth-order valence-corrected chi connectivity index (χ4v) is 5.54. The highest BCUT2D eigenvalue weighted by Gasteiger charge is 2.31. The summed E-state index contributed by atoms with van der Waals surface area (Å²) < 4.78 is 38.0. The molecule has 0 aliphatic heterocycles. The Morgan fingerprint density at radius 3 is 2.43 bits per heavy atom. The summed E-state index contributed by atoms with van der Waals surface area (Å²) >= 11 is 0. The smallest absolute Gasteiger partial charge is 0.304 e. The third kappa shape index (κ3) is 5.53. The van der Waals surface area contributed by atoms with Crippen molar-refractivity contribution in [3.8, 4) is 11.5 Å². The van der Waals surface area contributed by atoms with Gasteiger partial charge in [-0.05, 0) is 56.2 Å². The summed E-state index contributed by atoms with van der Waals surface area (Å²) in [7, 11) is -2.35. The van der Waals surface area contributed by atoms with Gasteiger partial charge in [-0.2, -0.15) is 0 Å². The Kier molecular flexibility index (Phi) is 7.37. The summed E-state index contributed by atoms with van der Waals surface area (Å²) in [6.07, 6.45) is 4.35. The van der Waals surface area contributed by atoms with Crippen molar-refractivity contribution < 1.29 is 27.8 Å². The fourth-order valence-electron chi connectivity index (χ4n) is 3.84. The van der Waals surface area contributed by atoms with E-state index in [9.17, 15) is 18.3 Å². The molecule has 0 heterocycles. The molecule has 0 amide bonds. The van der Waals surface area contributed by atoms with Gasteiger partial charge in [0, 0.05) is 6.07 Å². The molecule has 1 N–H and O–H groups in total. The molecular formula is C23H28O6S. The van der Waals surface area contributed by atoms with Gasteiger partial charge in [-0.25, -0.2) is 8.42 Å². The Bertz CT molecular complexity index is 949. The lowest BCUT2D eigenvalue weighted by Crippen LogP contribution is -2.25. The lowest BCUT2D eigenvalue weighted by molar-refractivity contribution is -0.137. The van der Waals surface area contributed by atoms with E-state index in [0.29, 0.717) is 17.9 Å². The minimum absolute atomic E-state index is 0.0461. The zero-order valence-electron chi connectivity index (χ0n) is 17.1. The third-order valence-electron chi connectivity index (χ3n) is 5.50. The van der Waals surface area contributed by atoms with Crippen molar-refractivity contribution in [1.29, 1.82) is 0 Å². The molecule has 0 bridgehead atoms. The molecule has 0 aromatic heterocycles. The van der Waals surface area contributed by atoms with Gasteiger partial charge in [0.25, 0.3) is 0 Å². The quantitative estimate of drug-likeness (QED) is 0.603. The minimum Gasteiger partial charge on any atom is -0.493 e. The minimum atomic E-state index is -3.86. The number of hydrogen-bond donors (Lipinski definition) is 1. The van der Waals surface area contributed by atoms with E-state index in [1.165, 1.54) is 19.2 Å². The number of hydrogen-bond acceptors (Lipinski definition) is 5. The van der Waals surface area contributed by atoms with Crippen molar-refractivity contribution >= 4 is 15.8 Å². The molecule has 0 radical (unpaired) electrons. The molecule has 1 unspecified atom stereocenters. The predicted molar refractivity (Wildman–Crippen MR) is 114 cm³/mol. The maximum atomic E-state index is 13.3. The molecule has 3 rings (SSSR count). The standard InChI is InChI=1S/C23H28O6S/c1-28-21-14-13-19(15-22(21)29-18-9-5-6-10-18)30(26,27)20(16-23(24)25)12-11-17-7-3-2-4-8-17/h2-4,7-8,13-15,18,20H,5-6,9-12,16H2,1H3,(H,24,25). The zero-order valence-corrected chi connectivity index (χ0v) is 17.9. The van der Waals surface area contributed by atoms with E-state index < -0.39 is 27.5 Å². The monoisotopic (exact) mass is 432 g/mol. The van der Waals surface area contributed by atoms with Gasteiger partial charge in [0.1, 0.15) is 0 Å². The normalized spacial score (nSPS) is 15.6. The van der Waals surface area contributed by atoms with Crippen LogP contribution in [0.25, 0.3) is 0 Å². The Labute approximate surface area is 177 Å². The topological polar surface area (TPSA) is 89.9 Å². The fraction of sp³-hybridized carbons (Fsp3) is 0.435. The van der Waals surface area contributed by atoms with Crippen LogP contribution < -0.4 is 9.47 Å². The van der Waals surface area contributed by atoms with Crippen LogP contribution >= 0.6 is 0 Å². The van der Waals surface area contributed by atoms with E-state index in [1.807, 2.05) is 30.3 Å². The molecule has 1 saturated carbocycles. The highest BCUT2D eigenvalue weighted by molar-refractivity contribution is 7.92. The van der Waals surface area contributed by atoms with Crippen LogP contribution in [0.1, 0.15) is 44.1 Å². The number of carboxylic acid groups (broad SMARTS) is 1. The molecule has 2 aromatic carbocycles. The van der Waals surface area contributed by atoms with Crippen molar-refractivity contribution in [2.75, 3.05) is 7.11 Å². The van der Waals surface area contributed by atoms with Gasteiger partial charge in [0.2, 0.25) is 0 Å². The average molecular weight is 433 g/mol. The van der Waals surface area contributed by atoms with Crippen LogP contribution in [0.4, 0.5) is 0 Å². The number of benzene rings is 2. The first-order valence-corrected chi connectivity index (χ1v) is 11.8. The van der Waals surface area contributed by atoms with E-state index in [4.69, 9.17) is 9.47 Å². The van der Waals surface area contributed by atoms with Crippen LogP contribution in [-0.2, 0) is 21.1 Å². The highest BCUT2D eigenvalue weighted by atomic mass is 32.2. The Balaban J connectivity index is 1.86. The Hall–Kier alpha value is -2.54. The molecule has 162 valence electrons.